The minimum atomic E-state index is -1.00. The lowest BCUT2D eigenvalue weighted by atomic mass is 10.1. The number of benzene rings is 1. The van der Waals surface area contributed by atoms with Crippen LogP contribution in [-0.2, 0) is 0 Å². The third-order valence-corrected chi connectivity index (χ3v) is 4.49. The summed E-state index contributed by atoms with van der Waals surface area (Å²) in [4.78, 5) is 31.1. The Balaban J connectivity index is 0.000000183. The Morgan fingerprint density at radius 2 is 2.00 bits per heavy atom. The number of fused-ring (bicyclic) bond motifs is 1. The largest absolute Gasteiger partial charge is 0.348 e. The molecule has 1 saturated heterocycles. The quantitative estimate of drug-likeness (QED) is 0.801. The second-order valence-electron chi connectivity index (χ2n) is 5.05. The van der Waals surface area contributed by atoms with Gasteiger partial charge < -0.3 is 9.88 Å². The highest BCUT2D eigenvalue weighted by molar-refractivity contribution is 8.14. The van der Waals surface area contributed by atoms with Crippen molar-refractivity contribution in [1.29, 1.82) is 0 Å². The highest BCUT2D eigenvalue weighted by atomic mass is 35.5. The molecule has 128 valence electrons. The maximum atomic E-state index is 12.0. The molecule has 3 heterocycles. The predicted molar refractivity (Wildman–Crippen MR) is 95.5 cm³/mol. The molecule has 1 fully saturated rings. The molecule has 1 atom stereocenters. The Bertz CT molecular complexity index is 824. The Kier molecular flexibility index (Phi) is 6.22. The molecule has 0 spiro atoms. The molecule has 2 aromatic rings. The lowest BCUT2D eigenvalue weighted by Crippen LogP contribution is -2.23. The smallest absolute Gasteiger partial charge is 0.325 e. The molecule has 0 bridgehead atoms. The fraction of sp³-hybridized carbons (Fsp3) is 0.267. The van der Waals surface area contributed by atoms with Gasteiger partial charge in [0.05, 0.1) is 6.04 Å². The number of thioether (sulfide) groups is 1. The first-order valence-corrected chi connectivity index (χ1v) is 8.10. The number of nitrogens with zero attached hydrogens (tertiary/aromatic N) is 2. The van der Waals surface area contributed by atoms with Gasteiger partial charge in [-0.05, 0) is 5.56 Å². The van der Waals surface area contributed by atoms with E-state index >= 15 is 0 Å². The van der Waals surface area contributed by atoms with Crippen LogP contribution < -0.4 is 11.2 Å². The second-order valence-corrected chi connectivity index (χ2v) is 6.11. The van der Waals surface area contributed by atoms with Crippen molar-refractivity contribution in [3.05, 3.63) is 68.7 Å². The average molecular weight is 371 g/mol. The molecule has 24 heavy (non-hydrogen) atoms. The van der Waals surface area contributed by atoms with E-state index in [1.807, 2.05) is 16.7 Å². The zero-order valence-corrected chi connectivity index (χ0v) is 14.2. The minimum absolute atomic E-state index is 0. The Hall–Kier alpha value is -2.06. The SMILES string of the molecule is Cl.O=c1[nH]cc(F)c(=O)[nH]1.c1ccc([C@H]2CN3CCSC3=N2)cc1. The molecular formula is C15H16ClFN4O2S. The number of aromatic amines is 2. The maximum Gasteiger partial charge on any atom is 0.325 e. The fourth-order valence-electron chi connectivity index (χ4n) is 2.35. The van der Waals surface area contributed by atoms with Crippen molar-refractivity contribution in [2.45, 2.75) is 6.04 Å². The molecule has 6 nitrogen and oxygen atoms in total. The molecule has 9 heteroatoms. The second kappa shape index (κ2) is 8.16. The van der Waals surface area contributed by atoms with E-state index in [9.17, 15) is 14.0 Å². The zero-order valence-electron chi connectivity index (χ0n) is 12.6. The van der Waals surface area contributed by atoms with Crippen LogP contribution in [0, 0.1) is 5.82 Å². The summed E-state index contributed by atoms with van der Waals surface area (Å²) in [6.45, 7) is 2.25. The molecule has 2 N–H and O–H groups in total. The van der Waals surface area contributed by atoms with E-state index in [1.54, 1.807) is 4.98 Å². The van der Waals surface area contributed by atoms with E-state index in [4.69, 9.17) is 4.99 Å². The van der Waals surface area contributed by atoms with Crippen LogP contribution in [0.15, 0.2) is 51.1 Å². The number of hydrogen-bond acceptors (Lipinski definition) is 5. The van der Waals surface area contributed by atoms with Gasteiger partial charge in [-0.3, -0.25) is 14.8 Å². The van der Waals surface area contributed by atoms with Gasteiger partial charge in [0.1, 0.15) is 0 Å². The van der Waals surface area contributed by atoms with Crippen LogP contribution in [0.25, 0.3) is 0 Å². The highest BCUT2D eigenvalue weighted by Gasteiger charge is 2.29. The molecule has 4 rings (SSSR count). The zero-order chi connectivity index (χ0) is 16.2. The van der Waals surface area contributed by atoms with Crippen molar-refractivity contribution >= 4 is 29.3 Å². The van der Waals surface area contributed by atoms with E-state index in [0.29, 0.717) is 12.2 Å². The number of rotatable bonds is 1. The summed E-state index contributed by atoms with van der Waals surface area (Å²) in [7, 11) is 0. The summed E-state index contributed by atoms with van der Waals surface area (Å²) in [5.74, 6) is 0.218. The van der Waals surface area contributed by atoms with Crippen LogP contribution >= 0.6 is 24.2 Å². The fourth-order valence-corrected chi connectivity index (χ4v) is 3.40. The van der Waals surface area contributed by atoms with Gasteiger partial charge in [-0.15, -0.1) is 12.4 Å². The highest BCUT2D eigenvalue weighted by Crippen LogP contribution is 2.31. The standard InChI is InChI=1S/C11H12N2S.C4H3FN2O2.ClH/c1-2-4-9(5-3-1)10-8-13-6-7-14-11(13)12-10;5-2-1-6-4(9)7-3(2)8;/h1-5,10H,6-8H2;1H,(H2,6,7,8,9);1H/t10-;;/m1../s1. The van der Waals surface area contributed by atoms with E-state index in [-0.39, 0.29) is 12.4 Å². The van der Waals surface area contributed by atoms with Gasteiger partial charge in [0.15, 0.2) is 5.17 Å². The normalized spacial score (nSPS) is 18.1. The van der Waals surface area contributed by atoms with Crippen LogP contribution in [0.5, 0.6) is 0 Å². The first-order valence-electron chi connectivity index (χ1n) is 7.11. The van der Waals surface area contributed by atoms with Crippen LogP contribution in [0.4, 0.5) is 4.39 Å². The number of halogens is 2. The third-order valence-electron chi connectivity index (χ3n) is 3.48. The molecule has 2 aliphatic heterocycles. The summed E-state index contributed by atoms with van der Waals surface area (Å²) < 4.78 is 12.0. The number of amidine groups is 1. The number of aliphatic imine (C=N–C) groups is 1. The maximum absolute atomic E-state index is 12.0. The third kappa shape index (κ3) is 4.27. The molecule has 0 unspecified atom stereocenters. The lowest BCUT2D eigenvalue weighted by Gasteiger charge is -2.12. The molecule has 0 radical (unpaired) electrons. The number of aromatic nitrogens is 2. The van der Waals surface area contributed by atoms with Crippen LogP contribution in [0.3, 0.4) is 0 Å². The van der Waals surface area contributed by atoms with E-state index in [1.165, 1.54) is 23.0 Å². The van der Waals surface area contributed by atoms with Crippen molar-refractivity contribution < 1.29 is 4.39 Å². The summed E-state index contributed by atoms with van der Waals surface area (Å²) in [6.07, 6.45) is 0.709. The van der Waals surface area contributed by atoms with Crippen molar-refractivity contribution in [3.63, 3.8) is 0 Å². The van der Waals surface area contributed by atoms with Gasteiger partial charge in [0.2, 0.25) is 5.82 Å². The first-order chi connectivity index (χ1) is 11.1. The van der Waals surface area contributed by atoms with Crippen molar-refractivity contribution in [2.75, 3.05) is 18.8 Å². The molecule has 0 aliphatic carbocycles. The summed E-state index contributed by atoms with van der Waals surface area (Å²) in [5.41, 5.74) is -0.366. The predicted octanol–water partition coefficient (Wildman–Crippen LogP) is 1.77. The van der Waals surface area contributed by atoms with Gasteiger partial charge >= 0.3 is 5.69 Å². The van der Waals surface area contributed by atoms with Gasteiger partial charge in [0.25, 0.3) is 5.56 Å². The lowest BCUT2D eigenvalue weighted by molar-refractivity contribution is 0.464. The molecule has 0 amide bonds. The topological polar surface area (TPSA) is 81.3 Å². The van der Waals surface area contributed by atoms with Crippen molar-refractivity contribution in [3.8, 4) is 0 Å². The minimum Gasteiger partial charge on any atom is -0.348 e. The van der Waals surface area contributed by atoms with E-state index < -0.39 is 17.1 Å². The van der Waals surface area contributed by atoms with Crippen molar-refractivity contribution in [2.24, 2.45) is 4.99 Å². The van der Waals surface area contributed by atoms with Gasteiger partial charge in [-0.25, -0.2) is 4.79 Å². The Morgan fingerprint density at radius 3 is 2.62 bits per heavy atom. The number of nitrogens with one attached hydrogen (secondary N) is 2. The average Bonchev–Trinajstić information content (AvgIpc) is 3.14. The summed E-state index contributed by atoms with van der Waals surface area (Å²) >= 11 is 1.89. The summed E-state index contributed by atoms with van der Waals surface area (Å²) in [5, 5.41) is 1.25. The Morgan fingerprint density at radius 1 is 1.25 bits per heavy atom. The molecule has 1 aromatic heterocycles. The van der Waals surface area contributed by atoms with Gasteiger partial charge in [-0.2, -0.15) is 4.39 Å². The van der Waals surface area contributed by atoms with Crippen LogP contribution in [-0.4, -0.2) is 38.9 Å². The molecule has 0 saturated carbocycles. The van der Waals surface area contributed by atoms with Crippen molar-refractivity contribution in [1.82, 2.24) is 14.9 Å². The molecule has 1 aromatic carbocycles. The van der Waals surface area contributed by atoms with E-state index in [0.717, 1.165) is 6.54 Å². The first kappa shape index (κ1) is 18.3. The van der Waals surface area contributed by atoms with Crippen LogP contribution in [0.2, 0.25) is 0 Å². The Labute approximate surface area is 147 Å². The van der Waals surface area contributed by atoms with E-state index in [2.05, 4.69) is 35.2 Å². The molecule has 2 aliphatic rings. The number of hydrogen-bond donors (Lipinski definition) is 2. The number of H-pyrrole nitrogens is 2. The molecular weight excluding hydrogens is 355 g/mol. The monoisotopic (exact) mass is 370 g/mol. The van der Waals surface area contributed by atoms with Gasteiger partial charge in [-0.1, -0.05) is 42.1 Å². The van der Waals surface area contributed by atoms with Gasteiger partial charge in [0, 0.05) is 25.0 Å². The van der Waals surface area contributed by atoms with Crippen LogP contribution in [0.1, 0.15) is 11.6 Å². The summed E-state index contributed by atoms with van der Waals surface area (Å²) in [6, 6.07) is 10.9.